The average Bonchev–Trinajstić information content (AvgIpc) is 2.75. The SMILES string of the molecule is CCCCCCCC/C=C\CCCCCCCC(=O)O[C@H](C)C(=O)O[C@@H](C)C(=O)OP. The zero-order valence-corrected chi connectivity index (χ0v) is 20.9. The first-order valence-corrected chi connectivity index (χ1v) is 12.3. The van der Waals surface area contributed by atoms with Crippen molar-refractivity contribution in [3.63, 3.8) is 0 Å². The molecule has 0 aromatic carbocycles. The third-order valence-corrected chi connectivity index (χ3v) is 5.26. The molecule has 31 heavy (non-hydrogen) atoms. The Bertz CT molecular complexity index is 520. The van der Waals surface area contributed by atoms with Crippen LogP contribution in [-0.4, -0.2) is 30.1 Å². The Morgan fingerprint density at radius 3 is 1.74 bits per heavy atom. The lowest BCUT2D eigenvalue weighted by atomic mass is 10.1. The van der Waals surface area contributed by atoms with Crippen molar-refractivity contribution in [2.75, 3.05) is 0 Å². The molecule has 1 unspecified atom stereocenters. The van der Waals surface area contributed by atoms with E-state index in [0.29, 0.717) is 0 Å². The molecule has 0 amide bonds. The van der Waals surface area contributed by atoms with Gasteiger partial charge in [-0.2, -0.15) is 0 Å². The standard InChI is InChI=1S/C24H43O6P/c1-4-5-6-7-8-9-10-11-12-13-14-15-16-17-18-19-22(25)28-20(2)23(26)29-21(3)24(27)30-31/h11-12,20-21H,4-10,13-19,31H2,1-3H3/b12-11-/t20-,21+/m1/s1. The minimum atomic E-state index is -1.05. The minimum Gasteiger partial charge on any atom is -0.451 e. The second kappa shape index (κ2) is 20.5. The first-order valence-electron chi connectivity index (χ1n) is 11.9. The first-order chi connectivity index (χ1) is 14.9. The van der Waals surface area contributed by atoms with Crippen molar-refractivity contribution in [2.45, 2.75) is 123 Å². The first kappa shape index (κ1) is 29.6. The number of carbonyl (C=O) groups is 3. The Kier molecular flexibility index (Phi) is 19.5. The maximum absolute atomic E-state index is 11.8. The van der Waals surface area contributed by atoms with E-state index in [2.05, 4.69) is 23.6 Å². The van der Waals surface area contributed by atoms with Gasteiger partial charge in [-0.15, -0.1) is 0 Å². The molecule has 0 rings (SSSR count). The summed E-state index contributed by atoms with van der Waals surface area (Å²) in [5.41, 5.74) is 0. The van der Waals surface area contributed by atoms with E-state index >= 15 is 0 Å². The van der Waals surface area contributed by atoms with E-state index in [9.17, 15) is 14.4 Å². The molecule has 0 spiro atoms. The summed E-state index contributed by atoms with van der Waals surface area (Å²) in [6, 6.07) is 0. The Morgan fingerprint density at radius 2 is 1.19 bits per heavy atom. The summed E-state index contributed by atoms with van der Waals surface area (Å²) < 4.78 is 14.4. The molecule has 0 aliphatic carbocycles. The maximum Gasteiger partial charge on any atom is 0.349 e. The summed E-state index contributed by atoms with van der Waals surface area (Å²) in [6.07, 6.45) is 18.3. The summed E-state index contributed by atoms with van der Waals surface area (Å²) in [5.74, 6) is -1.88. The molecular formula is C24H43O6P. The second-order valence-electron chi connectivity index (χ2n) is 7.98. The summed E-state index contributed by atoms with van der Waals surface area (Å²) in [7, 11) is 1.80. The molecule has 0 aromatic rings. The average molecular weight is 459 g/mol. The Labute approximate surface area is 191 Å². The summed E-state index contributed by atoms with van der Waals surface area (Å²) in [4.78, 5) is 34.9. The summed E-state index contributed by atoms with van der Waals surface area (Å²) >= 11 is 0. The Balaban J connectivity index is 3.60. The fourth-order valence-corrected chi connectivity index (χ4v) is 3.25. The predicted molar refractivity (Wildman–Crippen MR) is 126 cm³/mol. The van der Waals surface area contributed by atoms with Crippen LogP contribution in [0.3, 0.4) is 0 Å². The number of unbranched alkanes of at least 4 members (excludes halogenated alkanes) is 11. The van der Waals surface area contributed by atoms with Gasteiger partial charge in [-0.1, -0.05) is 70.4 Å². The van der Waals surface area contributed by atoms with E-state index in [0.717, 1.165) is 32.1 Å². The second-order valence-corrected chi connectivity index (χ2v) is 8.22. The van der Waals surface area contributed by atoms with Crippen molar-refractivity contribution in [3.05, 3.63) is 12.2 Å². The molecule has 0 N–H and O–H groups in total. The number of hydrogen-bond acceptors (Lipinski definition) is 6. The third kappa shape index (κ3) is 17.9. The van der Waals surface area contributed by atoms with Crippen molar-refractivity contribution in [2.24, 2.45) is 0 Å². The molecule has 7 heteroatoms. The van der Waals surface area contributed by atoms with E-state index in [1.807, 2.05) is 0 Å². The Hall–Kier alpha value is -1.42. The van der Waals surface area contributed by atoms with Crippen LogP contribution in [0.5, 0.6) is 0 Å². The number of carbonyl (C=O) groups excluding carboxylic acids is 3. The van der Waals surface area contributed by atoms with Gasteiger partial charge in [-0.05, 0) is 46.0 Å². The normalized spacial score (nSPS) is 13.0. The Morgan fingerprint density at radius 1 is 0.710 bits per heavy atom. The van der Waals surface area contributed by atoms with Crippen LogP contribution in [0.2, 0.25) is 0 Å². The van der Waals surface area contributed by atoms with Gasteiger partial charge in [0.15, 0.2) is 12.2 Å². The van der Waals surface area contributed by atoms with Crippen LogP contribution in [0.25, 0.3) is 0 Å². The lowest BCUT2D eigenvalue weighted by molar-refractivity contribution is -0.173. The molecule has 0 aromatic heterocycles. The molecule has 0 aliphatic heterocycles. The van der Waals surface area contributed by atoms with E-state index in [4.69, 9.17) is 9.47 Å². The molecule has 0 fully saturated rings. The number of rotatable bonds is 19. The van der Waals surface area contributed by atoms with Gasteiger partial charge in [0, 0.05) is 6.42 Å². The van der Waals surface area contributed by atoms with Crippen molar-refractivity contribution in [1.82, 2.24) is 0 Å². The highest BCUT2D eigenvalue weighted by molar-refractivity contribution is 7.10. The summed E-state index contributed by atoms with van der Waals surface area (Å²) in [5, 5.41) is 0. The van der Waals surface area contributed by atoms with Gasteiger partial charge in [-0.3, -0.25) is 4.79 Å². The molecule has 3 atom stereocenters. The zero-order valence-electron chi connectivity index (χ0n) is 19.7. The van der Waals surface area contributed by atoms with E-state index in [-0.39, 0.29) is 6.42 Å². The summed E-state index contributed by atoms with van der Waals surface area (Å²) in [6.45, 7) is 5.07. The van der Waals surface area contributed by atoms with Crippen LogP contribution in [0.1, 0.15) is 111 Å². The molecule has 0 aliphatic rings. The van der Waals surface area contributed by atoms with Crippen molar-refractivity contribution in [1.29, 1.82) is 0 Å². The molecule has 0 bridgehead atoms. The van der Waals surface area contributed by atoms with E-state index in [1.165, 1.54) is 65.2 Å². The number of ether oxygens (including phenoxy) is 2. The highest BCUT2D eigenvalue weighted by atomic mass is 31.0. The van der Waals surface area contributed by atoms with Gasteiger partial charge < -0.3 is 14.0 Å². The molecule has 0 radical (unpaired) electrons. The highest BCUT2D eigenvalue weighted by Gasteiger charge is 2.24. The monoisotopic (exact) mass is 458 g/mol. The van der Waals surface area contributed by atoms with Crippen LogP contribution < -0.4 is 0 Å². The largest absolute Gasteiger partial charge is 0.451 e. The maximum atomic E-state index is 11.8. The van der Waals surface area contributed by atoms with Crippen LogP contribution in [0.15, 0.2) is 12.2 Å². The van der Waals surface area contributed by atoms with E-state index < -0.39 is 30.1 Å². The lowest BCUT2D eigenvalue weighted by Gasteiger charge is -2.15. The number of esters is 2. The fourth-order valence-electron chi connectivity index (χ4n) is 3.06. The molecule has 180 valence electrons. The minimum absolute atomic E-state index is 0.277. The zero-order chi connectivity index (χ0) is 23.3. The van der Waals surface area contributed by atoms with Gasteiger partial charge >= 0.3 is 17.9 Å². The molecule has 0 saturated carbocycles. The molecule has 6 nitrogen and oxygen atoms in total. The number of hydrogen-bond donors (Lipinski definition) is 0. The highest BCUT2D eigenvalue weighted by Crippen LogP contribution is 2.11. The van der Waals surface area contributed by atoms with Crippen molar-refractivity contribution < 1.29 is 28.4 Å². The smallest absolute Gasteiger partial charge is 0.349 e. The molecule has 0 heterocycles. The predicted octanol–water partition coefficient (Wildman–Crippen LogP) is 6.22. The van der Waals surface area contributed by atoms with Crippen molar-refractivity contribution in [3.8, 4) is 0 Å². The van der Waals surface area contributed by atoms with Gasteiger partial charge in [-0.25, -0.2) is 9.59 Å². The van der Waals surface area contributed by atoms with Crippen LogP contribution in [-0.2, 0) is 28.4 Å². The van der Waals surface area contributed by atoms with Gasteiger partial charge in [0.05, 0.1) is 9.47 Å². The molecule has 0 saturated heterocycles. The third-order valence-electron chi connectivity index (χ3n) is 5.02. The van der Waals surface area contributed by atoms with Gasteiger partial charge in [0.2, 0.25) is 0 Å². The van der Waals surface area contributed by atoms with Crippen LogP contribution >= 0.6 is 9.47 Å². The van der Waals surface area contributed by atoms with Crippen molar-refractivity contribution >= 4 is 27.4 Å². The van der Waals surface area contributed by atoms with Crippen LogP contribution in [0, 0.1) is 0 Å². The topological polar surface area (TPSA) is 78.9 Å². The molecular weight excluding hydrogens is 415 g/mol. The van der Waals surface area contributed by atoms with Gasteiger partial charge in [0.25, 0.3) is 0 Å². The van der Waals surface area contributed by atoms with Gasteiger partial charge in [0.1, 0.15) is 0 Å². The van der Waals surface area contributed by atoms with Crippen LogP contribution in [0.4, 0.5) is 0 Å². The fraction of sp³-hybridized carbons (Fsp3) is 0.792. The number of allylic oxidation sites excluding steroid dienone is 2. The lowest BCUT2D eigenvalue weighted by Crippen LogP contribution is -2.32. The van der Waals surface area contributed by atoms with E-state index in [1.54, 1.807) is 9.47 Å². The quantitative estimate of drug-likeness (QED) is 0.0989.